The van der Waals surface area contributed by atoms with Crippen LogP contribution < -0.4 is 5.73 Å². The Kier molecular flexibility index (Phi) is 3.88. The van der Waals surface area contributed by atoms with E-state index in [0.29, 0.717) is 0 Å². The third-order valence-corrected chi connectivity index (χ3v) is 2.67. The summed E-state index contributed by atoms with van der Waals surface area (Å²) in [7, 11) is 3.70. The maximum atomic E-state index is 6.06. The summed E-state index contributed by atoms with van der Waals surface area (Å²) in [5, 5.41) is 0. The molecule has 1 heterocycles. The summed E-state index contributed by atoms with van der Waals surface area (Å²) in [6, 6.07) is 0.0843. The minimum Gasteiger partial charge on any atom is -0.379 e. The highest BCUT2D eigenvalue weighted by molar-refractivity contribution is 4.95. The Balaban J connectivity index is 2.50. The van der Waals surface area contributed by atoms with Gasteiger partial charge in [-0.3, -0.25) is 0 Å². The van der Waals surface area contributed by atoms with E-state index in [4.69, 9.17) is 10.5 Å². The van der Waals surface area contributed by atoms with Crippen LogP contribution >= 0.6 is 0 Å². The van der Waals surface area contributed by atoms with Crippen molar-refractivity contribution >= 4 is 0 Å². The quantitative estimate of drug-likeness (QED) is 0.793. The van der Waals surface area contributed by atoms with Crippen molar-refractivity contribution in [3.05, 3.63) is 18.2 Å². The van der Waals surface area contributed by atoms with Gasteiger partial charge in [-0.25, -0.2) is 4.98 Å². The van der Waals surface area contributed by atoms with Gasteiger partial charge in [0.1, 0.15) is 5.82 Å². The summed E-state index contributed by atoms with van der Waals surface area (Å²) in [6.45, 7) is 4.09. The molecule has 0 saturated heterocycles. The van der Waals surface area contributed by atoms with Gasteiger partial charge in [-0.15, -0.1) is 0 Å². The molecule has 0 aliphatic rings. The molecule has 0 fully saturated rings. The molecule has 0 saturated carbocycles. The average molecular weight is 211 g/mol. The van der Waals surface area contributed by atoms with Gasteiger partial charge in [-0.1, -0.05) is 0 Å². The third kappa shape index (κ3) is 3.64. The van der Waals surface area contributed by atoms with E-state index in [1.54, 1.807) is 13.3 Å². The zero-order valence-corrected chi connectivity index (χ0v) is 10.0. The van der Waals surface area contributed by atoms with Crippen molar-refractivity contribution in [1.29, 1.82) is 0 Å². The first-order chi connectivity index (χ1) is 6.94. The number of hydrogen-bond acceptors (Lipinski definition) is 3. The average Bonchev–Trinajstić information content (AvgIpc) is 2.51. The van der Waals surface area contributed by atoms with Gasteiger partial charge in [-0.05, 0) is 20.3 Å². The summed E-state index contributed by atoms with van der Waals surface area (Å²) in [5.41, 5.74) is 5.90. The van der Waals surface area contributed by atoms with Gasteiger partial charge in [0.15, 0.2) is 0 Å². The standard InChI is InChI=1S/C11H21N3O/c1-11(2,15-4)8-9(12)7-10-13-5-6-14(10)3/h5-6,9H,7-8,12H2,1-4H3. The highest BCUT2D eigenvalue weighted by Crippen LogP contribution is 2.16. The summed E-state index contributed by atoms with van der Waals surface area (Å²) < 4.78 is 7.35. The number of imidazole rings is 1. The molecular weight excluding hydrogens is 190 g/mol. The predicted octanol–water partition coefficient (Wildman–Crippen LogP) is 1.10. The Morgan fingerprint density at radius 2 is 2.27 bits per heavy atom. The molecule has 4 nitrogen and oxygen atoms in total. The molecule has 1 aromatic rings. The van der Waals surface area contributed by atoms with E-state index in [9.17, 15) is 0 Å². The van der Waals surface area contributed by atoms with Crippen molar-refractivity contribution in [1.82, 2.24) is 9.55 Å². The number of rotatable bonds is 5. The van der Waals surface area contributed by atoms with Crippen LogP contribution in [0.5, 0.6) is 0 Å². The van der Waals surface area contributed by atoms with Crippen molar-refractivity contribution in [2.24, 2.45) is 12.8 Å². The summed E-state index contributed by atoms with van der Waals surface area (Å²) in [6.07, 6.45) is 5.35. The molecule has 0 radical (unpaired) electrons. The highest BCUT2D eigenvalue weighted by atomic mass is 16.5. The van der Waals surface area contributed by atoms with E-state index in [2.05, 4.69) is 4.98 Å². The maximum absolute atomic E-state index is 6.06. The lowest BCUT2D eigenvalue weighted by atomic mass is 9.97. The van der Waals surface area contributed by atoms with Crippen LogP contribution in [0.1, 0.15) is 26.1 Å². The Morgan fingerprint density at radius 3 is 2.73 bits per heavy atom. The summed E-state index contributed by atoms with van der Waals surface area (Å²) in [4.78, 5) is 4.25. The second kappa shape index (κ2) is 4.77. The number of nitrogens with zero attached hydrogens (tertiary/aromatic N) is 2. The molecule has 15 heavy (non-hydrogen) atoms. The highest BCUT2D eigenvalue weighted by Gasteiger charge is 2.21. The van der Waals surface area contributed by atoms with Gasteiger partial charge in [0, 0.05) is 39.0 Å². The van der Waals surface area contributed by atoms with Gasteiger partial charge in [0.2, 0.25) is 0 Å². The number of aryl methyl sites for hydroxylation is 1. The molecule has 4 heteroatoms. The molecule has 2 N–H and O–H groups in total. The lowest BCUT2D eigenvalue weighted by molar-refractivity contribution is 0.0100. The van der Waals surface area contributed by atoms with E-state index >= 15 is 0 Å². The molecule has 0 amide bonds. The Morgan fingerprint density at radius 1 is 1.60 bits per heavy atom. The molecule has 1 aromatic heterocycles. The fourth-order valence-corrected chi connectivity index (χ4v) is 1.61. The van der Waals surface area contributed by atoms with E-state index in [0.717, 1.165) is 18.7 Å². The molecular formula is C11H21N3O. The van der Waals surface area contributed by atoms with Crippen LogP contribution in [-0.2, 0) is 18.2 Å². The smallest absolute Gasteiger partial charge is 0.109 e. The first kappa shape index (κ1) is 12.2. The van der Waals surface area contributed by atoms with E-state index in [-0.39, 0.29) is 11.6 Å². The Bertz CT molecular complexity index is 307. The lowest BCUT2D eigenvalue weighted by Gasteiger charge is -2.26. The van der Waals surface area contributed by atoms with Gasteiger partial charge in [0.25, 0.3) is 0 Å². The molecule has 1 unspecified atom stereocenters. The Labute approximate surface area is 91.4 Å². The fraction of sp³-hybridized carbons (Fsp3) is 0.727. The normalized spacial score (nSPS) is 14.2. The van der Waals surface area contributed by atoms with Crippen LogP contribution in [-0.4, -0.2) is 28.3 Å². The molecule has 0 aliphatic heterocycles. The summed E-state index contributed by atoms with van der Waals surface area (Å²) >= 11 is 0. The number of hydrogen-bond donors (Lipinski definition) is 1. The fourth-order valence-electron chi connectivity index (χ4n) is 1.61. The van der Waals surface area contributed by atoms with E-state index < -0.39 is 0 Å². The molecule has 0 aromatic carbocycles. The van der Waals surface area contributed by atoms with Gasteiger partial charge in [-0.2, -0.15) is 0 Å². The predicted molar refractivity (Wildman–Crippen MR) is 60.6 cm³/mol. The topological polar surface area (TPSA) is 53.1 Å². The first-order valence-corrected chi connectivity index (χ1v) is 5.21. The molecule has 0 aliphatic carbocycles. The molecule has 0 spiro atoms. The van der Waals surface area contributed by atoms with Gasteiger partial charge < -0.3 is 15.0 Å². The van der Waals surface area contributed by atoms with Crippen LogP contribution in [0.15, 0.2) is 12.4 Å². The second-order valence-corrected chi connectivity index (χ2v) is 4.59. The zero-order chi connectivity index (χ0) is 11.5. The monoisotopic (exact) mass is 211 g/mol. The summed E-state index contributed by atoms with van der Waals surface area (Å²) in [5.74, 6) is 1.02. The van der Waals surface area contributed by atoms with Crippen LogP contribution in [0.4, 0.5) is 0 Å². The maximum Gasteiger partial charge on any atom is 0.109 e. The number of ether oxygens (including phenoxy) is 1. The van der Waals surface area contributed by atoms with Crippen molar-refractivity contribution in [3.63, 3.8) is 0 Å². The van der Waals surface area contributed by atoms with Crippen LogP contribution in [0, 0.1) is 0 Å². The minimum atomic E-state index is -0.162. The molecule has 1 atom stereocenters. The molecule has 86 valence electrons. The second-order valence-electron chi connectivity index (χ2n) is 4.59. The SMILES string of the molecule is COC(C)(C)CC(N)Cc1nccn1C. The number of aromatic nitrogens is 2. The lowest BCUT2D eigenvalue weighted by Crippen LogP contribution is -2.35. The number of methoxy groups -OCH3 is 1. The van der Waals surface area contributed by atoms with Crippen LogP contribution in [0.3, 0.4) is 0 Å². The van der Waals surface area contributed by atoms with Crippen molar-refractivity contribution < 1.29 is 4.74 Å². The van der Waals surface area contributed by atoms with Crippen molar-refractivity contribution in [3.8, 4) is 0 Å². The third-order valence-electron chi connectivity index (χ3n) is 2.67. The Hall–Kier alpha value is -0.870. The van der Waals surface area contributed by atoms with Crippen LogP contribution in [0.25, 0.3) is 0 Å². The largest absolute Gasteiger partial charge is 0.379 e. The molecule has 0 bridgehead atoms. The zero-order valence-electron chi connectivity index (χ0n) is 10.0. The molecule has 1 rings (SSSR count). The first-order valence-electron chi connectivity index (χ1n) is 5.21. The van der Waals surface area contributed by atoms with Crippen molar-refractivity contribution in [2.75, 3.05) is 7.11 Å². The number of nitrogens with two attached hydrogens (primary N) is 1. The van der Waals surface area contributed by atoms with Crippen LogP contribution in [0.2, 0.25) is 0 Å². The van der Waals surface area contributed by atoms with Gasteiger partial charge in [0.05, 0.1) is 5.60 Å². The minimum absolute atomic E-state index is 0.0843. The van der Waals surface area contributed by atoms with E-state index in [1.165, 1.54) is 0 Å². The van der Waals surface area contributed by atoms with E-state index in [1.807, 2.05) is 31.7 Å². The van der Waals surface area contributed by atoms with Gasteiger partial charge >= 0.3 is 0 Å². The van der Waals surface area contributed by atoms with Crippen molar-refractivity contribution in [2.45, 2.75) is 38.3 Å².